The first-order chi connectivity index (χ1) is 8.66. The fraction of sp³-hybridized carbons (Fsp3) is 0.500. The van der Waals surface area contributed by atoms with Gasteiger partial charge in [0.05, 0.1) is 0 Å². The number of ether oxygens (including phenoxy) is 1. The summed E-state index contributed by atoms with van der Waals surface area (Å²) in [4.78, 5) is 11.9. The molecule has 0 heterocycles. The van der Waals surface area contributed by atoms with Gasteiger partial charge in [-0.15, -0.1) is 0 Å². The van der Waals surface area contributed by atoms with Gasteiger partial charge in [0.2, 0.25) is 0 Å². The normalized spacial score (nSPS) is 16.6. The summed E-state index contributed by atoms with van der Waals surface area (Å²) in [6.07, 6.45) is 5.28. The lowest BCUT2D eigenvalue weighted by atomic mass is 9.86. The van der Waals surface area contributed by atoms with E-state index in [4.69, 9.17) is 16.3 Å². The molecular weight excluding hydrogens is 255 g/mol. The second-order valence-corrected chi connectivity index (χ2v) is 5.10. The molecule has 0 bridgehead atoms. The van der Waals surface area contributed by atoms with E-state index < -0.39 is 5.82 Å². The van der Waals surface area contributed by atoms with Crippen LogP contribution in [0.25, 0.3) is 0 Å². The van der Waals surface area contributed by atoms with Crippen molar-refractivity contribution in [1.82, 2.24) is 0 Å². The Kier molecular flexibility index (Phi) is 4.59. The summed E-state index contributed by atoms with van der Waals surface area (Å²) in [5, 5.41) is 0.318. The third-order valence-electron chi connectivity index (χ3n) is 3.32. The highest BCUT2D eigenvalue weighted by Gasteiger charge is 2.21. The number of ketones is 1. The lowest BCUT2D eigenvalue weighted by Crippen LogP contribution is -2.23. The van der Waals surface area contributed by atoms with Gasteiger partial charge < -0.3 is 4.74 Å². The maximum Gasteiger partial charge on any atom is 0.173 e. The first-order valence-corrected chi connectivity index (χ1v) is 6.65. The Hall–Kier alpha value is -1.09. The quantitative estimate of drug-likeness (QED) is 0.826. The van der Waals surface area contributed by atoms with E-state index in [1.54, 1.807) is 6.07 Å². The average molecular weight is 271 g/mol. The van der Waals surface area contributed by atoms with E-state index in [9.17, 15) is 9.18 Å². The molecular formula is C14H16ClFO2. The molecule has 98 valence electrons. The summed E-state index contributed by atoms with van der Waals surface area (Å²) in [5.41, 5.74) is 0. The van der Waals surface area contributed by atoms with Gasteiger partial charge >= 0.3 is 0 Å². The van der Waals surface area contributed by atoms with Crippen LogP contribution in [-0.2, 0) is 4.79 Å². The van der Waals surface area contributed by atoms with Crippen molar-refractivity contribution >= 4 is 17.4 Å². The summed E-state index contributed by atoms with van der Waals surface area (Å²) >= 11 is 5.64. The SMILES string of the molecule is O=C(COc1ccc(Cl)cc1F)C1CCCCC1. The molecule has 0 amide bonds. The molecule has 0 aliphatic heterocycles. The van der Waals surface area contributed by atoms with Crippen LogP contribution >= 0.6 is 11.6 Å². The zero-order chi connectivity index (χ0) is 13.0. The molecule has 0 radical (unpaired) electrons. The van der Waals surface area contributed by atoms with Crippen molar-refractivity contribution < 1.29 is 13.9 Å². The lowest BCUT2D eigenvalue weighted by molar-refractivity contribution is -0.125. The molecule has 0 unspecified atom stereocenters. The minimum Gasteiger partial charge on any atom is -0.483 e. The molecule has 1 aliphatic rings. The predicted molar refractivity (Wildman–Crippen MR) is 68.5 cm³/mol. The Bertz CT molecular complexity index is 428. The standard InChI is InChI=1S/C14H16ClFO2/c15-11-6-7-14(12(16)8-11)18-9-13(17)10-4-2-1-3-5-10/h6-8,10H,1-5,9H2. The minimum atomic E-state index is -0.529. The maximum atomic E-state index is 13.4. The van der Waals surface area contributed by atoms with Gasteiger partial charge in [0, 0.05) is 10.9 Å². The number of halogens is 2. The van der Waals surface area contributed by atoms with Crippen LogP contribution < -0.4 is 4.74 Å². The van der Waals surface area contributed by atoms with E-state index >= 15 is 0 Å². The van der Waals surface area contributed by atoms with E-state index in [-0.39, 0.29) is 24.1 Å². The van der Waals surface area contributed by atoms with Gasteiger partial charge in [0.1, 0.15) is 6.61 Å². The number of hydrogen-bond acceptors (Lipinski definition) is 2. The van der Waals surface area contributed by atoms with Crippen molar-refractivity contribution in [3.63, 3.8) is 0 Å². The van der Waals surface area contributed by atoms with Crippen molar-refractivity contribution in [3.8, 4) is 5.75 Å². The van der Waals surface area contributed by atoms with Gasteiger partial charge in [-0.1, -0.05) is 30.9 Å². The molecule has 0 atom stereocenters. The van der Waals surface area contributed by atoms with Crippen LogP contribution in [0.5, 0.6) is 5.75 Å². The fourth-order valence-corrected chi connectivity index (χ4v) is 2.44. The van der Waals surface area contributed by atoms with Crippen LogP contribution in [0.15, 0.2) is 18.2 Å². The molecule has 0 spiro atoms. The lowest BCUT2D eigenvalue weighted by Gasteiger charge is -2.20. The topological polar surface area (TPSA) is 26.3 Å². The Labute approximate surface area is 111 Å². The highest BCUT2D eigenvalue weighted by Crippen LogP contribution is 2.25. The molecule has 0 aromatic heterocycles. The van der Waals surface area contributed by atoms with Crippen LogP contribution in [0.3, 0.4) is 0 Å². The zero-order valence-electron chi connectivity index (χ0n) is 10.1. The summed E-state index contributed by atoms with van der Waals surface area (Å²) in [6, 6.07) is 4.18. The first kappa shape index (κ1) is 13.3. The molecule has 1 aromatic rings. The predicted octanol–water partition coefficient (Wildman–Crippen LogP) is 4.01. The highest BCUT2D eigenvalue weighted by molar-refractivity contribution is 6.30. The number of benzene rings is 1. The fourth-order valence-electron chi connectivity index (χ4n) is 2.28. The third-order valence-corrected chi connectivity index (χ3v) is 3.56. The zero-order valence-corrected chi connectivity index (χ0v) is 10.9. The molecule has 1 saturated carbocycles. The number of carbonyl (C=O) groups excluding carboxylic acids is 1. The van der Waals surface area contributed by atoms with E-state index in [0.29, 0.717) is 5.02 Å². The number of hydrogen-bond donors (Lipinski definition) is 0. The second-order valence-electron chi connectivity index (χ2n) is 4.66. The Morgan fingerprint density at radius 3 is 2.72 bits per heavy atom. The monoisotopic (exact) mass is 270 g/mol. The van der Waals surface area contributed by atoms with Crippen LogP contribution in [0.1, 0.15) is 32.1 Å². The van der Waals surface area contributed by atoms with E-state index in [1.807, 2.05) is 0 Å². The summed E-state index contributed by atoms with van der Waals surface area (Å²) in [6.45, 7) is -0.0524. The molecule has 0 N–H and O–H groups in total. The second kappa shape index (κ2) is 6.19. The van der Waals surface area contributed by atoms with Crippen molar-refractivity contribution in [2.24, 2.45) is 5.92 Å². The van der Waals surface area contributed by atoms with Gasteiger partial charge in [0.15, 0.2) is 17.3 Å². The molecule has 1 aromatic carbocycles. The summed E-state index contributed by atoms with van der Waals surface area (Å²) in [5.74, 6) is -0.277. The van der Waals surface area contributed by atoms with Crippen LogP contribution in [-0.4, -0.2) is 12.4 Å². The van der Waals surface area contributed by atoms with Crippen molar-refractivity contribution in [3.05, 3.63) is 29.0 Å². The molecule has 18 heavy (non-hydrogen) atoms. The Morgan fingerprint density at radius 1 is 1.33 bits per heavy atom. The average Bonchev–Trinajstić information content (AvgIpc) is 2.38. The van der Waals surface area contributed by atoms with Crippen molar-refractivity contribution in [1.29, 1.82) is 0 Å². The van der Waals surface area contributed by atoms with Crippen LogP contribution in [0, 0.1) is 11.7 Å². The number of rotatable bonds is 4. The highest BCUT2D eigenvalue weighted by atomic mass is 35.5. The van der Waals surface area contributed by atoms with Gasteiger partial charge in [0.25, 0.3) is 0 Å². The largest absolute Gasteiger partial charge is 0.483 e. The first-order valence-electron chi connectivity index (χ1n) is 6.27. The molecule has 2 rings (SSSR count). The Balaban J connectivity index is 1.88. The summed E-state index contributed by atoms with van der Waals surface area (Å²) in [7, 11) is 0. The molecule has 4 heteroatoms. The molecule has 0 saturated heterocycles. The van der Waals surface area contributed by atoms with Crippen molar-refractivity contribution in [2.75, 3.05) is 6.61 Å². The molecule has 1 fully saturated rings. The van der Waals surface area contributed by atoms with E-state index in [1.165, 1.54) is 18.6 Å². The van der Waals surface area contributed by atoms with Crippen molar-refractivity contribution in [2.45, 2.75) is 32.1 Å². The van der Waals surface area contributed by atoms with Crippen LogP contribution in [0.2, 0.25) is 5.02 Å². The number of Topliss-reactive ketones (excluding diaryl/α,β-unsaturated/α-hetero) is 1. The van der Waals surface area contributed by atoms with E-state index in [2.05, 4.69) is 0 Å². The Morgan fingerprint density at radius 2 is 2.06 bits per heavy atom. The molecule has 2 nitrogen and oxygen atoms in total. The molecule has 1 aliphatic carbocycles. The van der Waals surface area contributed by atoms with Gasteiger partial charge in [-0.2, -0.15) is 0 Å². The van der Waals surface area contributed by atoms with Gasteiger partial charge in [-0.25, -0.2) is 4.39 Å². The number of carbonyl (C=O) groups is 1. The summed E-state index contributed by atoms with van der Waals surface area (Å²) < 4.78 is 18.6. The maximum absolute atomic E-state index is 13.4. The third kappa shape index (κ3) is 3.45. The van der Waals surface area contributed by atoms with Crippen LogP contribution in [0.4, 0.5) is 4.39 Å². The van der Waals surface area contributed by atoms with Gasteiger partial charge in [-0.05, 0) is 31.0 Å². The van der Waals surface area contributed by atoms with E-state index in [0.717, 1.165) is 25.7 Å². The van der Waals surface area contributed by atoms with Gasteiger partial charge in [-0.3, -0.25) is 4.79 Å². The smallest absolute Gasteiger partial charge is 0.173 e. The minimum absolute atomic E-state index is 0.0524.